The van der Waals surface area contributed by atoms with Gasteiger partial charge in [-0.15, -0.1) is 0 Å². The van der Waals surface area contributed by atoms with Crippen molar-refractivity contribution in [1.29, 1.82) is 0 Å². The van der Waals surface area contributed by atoms with E-state index in [1.807, 2.05) is 0 Å². The van der Waals surface area contributed by atoms with Crippen LogP contribution in [0.3, 0.4) is 0 Å². The van der Waals surface area contributed by atoms with Crippen molar-refractivity contribution in [3.8, 4) is 0 Å². The summed E-state index contributed by atoms with van der Waals surface area (Å²) in [5, 5.41) is 23.0. The van der Waals surface area contributed by atoms with E-state index in [4.69, 9.17) is 0 Å². The zero-order valence-electron chi connectivity index (χ0n) is 16.6. The first kappa shape index (κ1) is 20.0. The van der Waals surface area contributed by atoms with E-state index in [1.54, 1.807) is 12.1 Å². The number of nitrogens with zero attached hydrogens (tertiary/aromatic N) is 4. The van der Waals surface area contributed by atoms with E-state index in [0.717, 1.165) is 4.90 Å². The van der Waals surface area contributed by atoms with Gasteiger partial charge in [-0.3, -0.25) is 44.1 Å². The summed E-state index contributed by atoms with van der Waals surface area (Å²) < 4.78 is 1.21. The van der Waals surface area contributed by atoms with Gasteiger partial charge in [-0.25, -0.2) is 0 Å². The number of carbonyl (C=O) groups excluding carboxylic acids is 3. The second-order valence-electron chi connectivity index (χ2n) is 7.39. The van der Waals surface area contributed by atoms with Crippen molar-refractivity contribution in [2.75, 3.05) is 6.54 Å². The van der Waals surface area contributed by atoms with Gasteiger partial charge < -0.3 is 0 Å². The number of nitro groups is 2. The fraction of sp³-hybridized carbons (Fsp3) is 0.0455. The molecule has 1 aliphatic heterocycles. The Hall–Kier alpha value is -4.93. The molecule has 0 spiro atoms. The Morgan fingerprint density at radius 2 is 1.21 bits per heavy atom. The largest absolute Gasteiger partial charge is 0.278 e. The van der Waals surface area contributed by atoms with Gasteiger partial charge in [-0.05, 0) is 24.3 Å². The monoisotopic (exact) mass is 444 g/mol. The number of non-ortho nitro benzene ring substituents is 2. The lowest BCUT2D eigenvalue weighted by atomic mass is 10.1. The van der Waals surface area contributed by atoms with Crippen molar-refractivity contribution in [1.82, 2.24) is 9.47 Å². The Morgan fingerprint density at radius 3 is 1.64 bits per heavy atom. The van der Waals surface area contributed by atoms with Gasteiger partial charge in [-0.2, -0.15) is 0 Å². The number of carbonyl (C=O) groups is 3. The molecule has 1 aromatic heterocycles. The molecular weight excluding hydrogens is 432 g/mol. The molecule has 2 amide bonds. The van der Waals surface area contributed by atoms with Crippen molar-refractivity contribution in [2.45, 2.75) is 0 Å². The van der Waals surface area contributed by atoms with Crippen molar-refractivity contribution in [2.24, 2.45) is 0 Å². The average Bonchev–Trinajstić information content (AvgIpc) is 3.25. The smallest absolute Gasteiger partial charge is 0.270 e. The summed E-state index contributed by atoms with van der Waals surface area (Å²) in [6.45, 7) is -0.570. The molecule has 0 aliphatic carbocycles. The highest BCUT2D eigenvalue weighted by Crippen LogP contribution is 2.34. The maximum absolute atomic E-state index is 13.3. The first-order chi connectivity index (χ1) is 15.8. The number of hydrogen-bond donors (Lipinski definition) is 0. The maximum atomic E-state index is 13.3. The fourth-order valence-electron chi connectivity index (χ4n) is 4.08. The molecule has 33 heavy (non-hydrogen) atoms. The van der Waals surface area contributed by atoms with Gasteiger partial charge in [0.25, 0.3) is 29.1 Å². The second kappa shape index (κ2) is 7.05. The molecule has 2 heterocycles. The van der Waals surface area contributed by atoms with Crippen LogP contribution in [0.4, 0.5) is 11.4 Å². The lowest BCUT2D eigenvalue weighted by Crippen LogP contribution is -2.36. The molecule has 5 rings (SSSR count). The minimum absolute atomic E-state index is 0.198. The van der Waals surface area contributed by atoms with Crippen molar-refractivity contribution in [3.63, 3.8) is 0 Å². The Kier molecular flexibility index (Phi) is 4.28. The van der Waals surface area contributed by atoms with Gasteiger partial charge in [0.2, 0.25) is 0 Å². The molecule has 4 aromatic rings. The number of benzene rings is 3. The molecule has 0 bridgehead atoms. The zero-order chi connectivity index (χ0) is 23.4. The van der Waals surface area contributed by atoms with E-state index in [9.17, 15) is 34.6 Å². The van der Waals surface area contributed by atoms with Gasteiger partial charge in [0, 0.05) is 35.0 Å². The molecule has 11 heteroatoms. The summed E-state index contributed by atoms with van der Waals surface area (Å²) in [6, 6.07) is 13.8. The average molecular weight is 444 g/mol. The van der Waals surface area contributed by atoms with Gasteiger partial charge in [-0.1, -0.05) is 12.1 Å². The number of rotatable bonds is 4. The Labute approximate surface area is 183 Å². The molecule has 0 N–H and O–H groups in total. The summed E-state index contributed by atoms with van der Waals surface area (Å²) >= 11 is 0. The molecule has 0 saturated carbocycles. The first-order valence-electron chi connectivity index (χ1n) is 9.63. The number of nitro benzene ring substituents is 2. The molecule has 0 fully saturated rings. The van der Waals surface area contributed by atoms with Crippen LogP contribution in [-0.4, -0.2) is 43.6 Å². The van der Waals surface area contributed by atoms with Crippen LogP contribution in [0.25, 0.3) is 21.8 Å². The molecule has 0 atom stereocenters. The molecule has 3 aromatic carbocycles. The predicted molar refractivity (Wildman–Crippen MR) is 115 cm³/mol. The minimum Gasteiger partial charge on any atom is -0.278 e. The van der Waals surface area contributed by atoms with Crippen molar-refractivity contribution >= 4 is 50.9 Å². The first-order valence-corrected chi connectivity index (χ1v) is 9.63. The molecular formula is C22H12N4O7. The van der Waals surface area contributed by atoms with Crippen LogP contribution in [0, 0.1) is 20.2 Å². The number of aromatic nitrogens is 1. The third kappa shape index (κ3) is 2.94. The highest BCUT2D eigenvalue weighted by Gasteiger charge is 2.37. The van der Waals surface area contributed by atoms with Crippen LogP contribution < -0.4 is 0 Å². The molecule has 162 valence electrons. The third-order valence-corrected chi connectivity index (χ3v) is 5.57. The van der Waals surface area contributed by atoms with Gasteiger partial charge in [0.1, 0.15) is 6.54 Å². The molecule has 1 aliphatic rings. The Balaban J connectivity index is 1.65. The summed E-state index contributed by atoms with van der Waals surface area (Å²) in [7, 11) is 0. The van der Waals surface area contributed by atoms with E-state index >= 15 is 0 Å². The SMILES string of the molecule is O=C1c2ccccc2C(=O)N1CC(=O)n1c2ccc([N+](=O)[O-])cc2c2cc([N+](=O)[O-])ccc21. The summed E-state index contributed by atoms with van der Waals surface area (Å²) in [5.41, 5.74) is 0.421. The number of hydrogen-bond acceptors (Lipinski definition) is 7. The topological polar surface area (TPSA) is 146 Å². The van der Waals surface area contributed by atoms with Crippen LogP contribution in [0.2, 0.25) is 0 Å². The van der Waals surface area contributed by atoms with Gasteiger partial charge in [0.15, 0.2) is 0 Å². The maximum Gasteiger partial charge on any atom is 0.270 e. The van der Waals surface area contributed by atoms with E-state index in [2.05, 4.69) is 0 Å². The van der Waals surface area contributed by atoms with E-state index in [-0.39, 0.29) is 44.3 Å². The molecule has 0 unspecified atom stereocenters. The van der Waals surface area contributed by atoms with Gasteiger partial charge >= 0.3 is 0 Å². The lowest BCUT2D eigenvalue weighted by molar-refractivity contribution is -0.385. The van der Waals surface area contributed by atoms with Crippen LogP contribution in [0.5, 0.6) is 0 Å². The van der Waals surface area contributed by atoms with E-state index in [0.29, 0.717) is 0 Å². The number of amides is 2. The molecule has 0 saturated heterocycles. The molecule has 11 nitrogen and oxygen atoms in total. The van der Waals surface area contributed by atoms with E-state index < -0.39 is 34.1 Å². The van der Waals surface area contributed by atoms with Gasteiger partial charge in [0.05, 0.1) is 32.0 Å². The quantitative estimate of drug-likeness (QED) is 0.266. The molecule has 0 radical (unpaired) electrons. The minimum atomic E-state index is -0.646. The normalized spacial score (nSPS) is 13.0. The van der Waals surface area contributed by atoms with Crippen LogP contribution >= 0.6 is 0 Å². The summed E-state index contributed by atoms with van der Waals surface area (Å²) in [5.74, 6) is -1.85. The summed E-state index contributed by atoms with van der Waals surface area (Å²) in [4.78, 5) is 60.8. The highest BCUT2D eigenvalue weighted by atomic mass is 16.6. The summed E-state index contributed by atoms with van der Waals surface area (Å²) in [6.07, 6.45) is 0. The Morgan fingerprint density at radius 1 is 0.758 bits per heavy atom. The lowest BCUT2D eigenvalue weighted by Gasteiger charge is -2.14. The van der Waals surface area contributed by atoms with E-state index in [1.165, 1.54) is 53.1 Å². The van der Waals surface area contributed by atoms with Crippen molar-refractivity contribution in [3.05, 3.63) is 92.0 Å². The number of imide groups is 1. The third-order valence-electron chi connectivity index (χ3n) is 5.57. The fourth-order valence-corrected chi connectivity index (χ4v) is 4.08. The van der Waals surface area contributed by atoms with Crippen LogP contribution in [0.15, 0.2) is 60.7 Å². The highest BCUT2D eigenvalue weighted by molar-refractivity contribution is 6.23. The zero-order valence-corrected chi connectivity index (χ0v) is 16.6. The standard InChI is InChI=1S/C22H12N4O7/c27-20(11-23-21(28)14-3-1-2-4-15(14)22(23)29)24-18-7-5-12(25(30)31)9-16(18)17-10-13(26(32)33)6-8-19(17)24/h1-10H,11H2. The Bertz CT molecular complexity index is 1460. The second-order valence-corrected chi connectivity index (χ2v) is 7.39. The predicted octanol–water partition coefficient (Wildman–Crippen LogP) is 3.55. The van der Waals surface area contributed by atoms with Crippen LogP contribution in [0.1, 0.15) is 25.5 Å². The van der Waals surface area contributed by atoms with Crippen LogP contribution in [-0.2, 0) is 0 Å². The number of fused-ring (bicyclic) bond motifs is 4. The van der Waals surface area contributed by atoms with Crippen molar-refractivity contribution < 1.29 is 24.2 Å².